The Morgan fingerprint density at radius 3 is 1.97 bits per heavy atom. The predicted octanol–water partition coefficient (Wildman–Crippen LogP) is 5.40. The van der Waals surface area contributed by atoms with E-state index in [1.54, 1.807) is 6.07 Å². The van der Waals surface area contributed by atoms with Gasteiger partial charge in [-0.25, -0.2) is 0 Å². The van der Waals surface area contributed by atoms with E-state index in [2.05, 4.69) is 39.5 Å². The lowest BCUT2D eigenvalue weighted by atomic mass is 9.63. The highest BCUT2D eigenvalue weighted by molar-refractivity contribution is 6.06. The summed E-state index contributed by atoms with van der Waals surface area (Å²) in [7, 11) is 0. The third-order valence-corrected chi connectivity index (χ3v) is 7.00. The van der Waals surface area contributed by atoms with Gasteiger partial charge in [-0.3, -0.25) is 19.7 Å². The Bertz CT molecular complexity index is 1070. The molecule has 3 aliphatic rings. The minimum Gasteiger partial charge on any atom is -0.502 e. The van der Waals surface area contributed by atoms with Crippen LogP contribution in [0.15, 0.2) is 40.7 Å². The molecule has 0 saturated heterocycles. The zero-order valence-corrected chi connectivity index (χ0v) is 20.0. The molecule has 0 spiro atoms. The van der Waals surface area contributed by atoms with Crippen molar-refractivity contribution < 1.29 is 19.6 Å². The summed E-state index contributed by atoms with van der Waals surface area (Å²) < 4.78 is 0. The van der Waals surface area contributed by atoms with Crippen LogP contribution in [0.4, 0.5) is 5.69 Å². The average molecular weight is 453 g/mol. The van der Waals surface area contributed by atoms with E-state index in [0.717, 1.165) is 17.8 Å². The van der Waals surface area contributed by atoms with Crippen molar-refractivity contribution in [2.24, 2.45) is 10.8 Å². The van der Waals surface area contributed by atoms with Gasteiger partial charge < -0.3 is 10.0 Å². The molecular weight excluding hydrogens is 420 g/mol. The number of Topliss-reactive ketones (excluding diaryl/α,β-unsaturated/α-hetero) is 2. The maximum Gasteiger partial charge on any atom is 0.310 e. The Balaban J connectivity index is 2.02. The summed E-state index contributed by atoms with van der Waals surface area (Å²) in [5.41, 5.74) is 2.76. The number of carbonyl (C=O) groups excluding carboxylic acids is 2. The molecule has 7 heteroatoms. The van der Waals surface area contributed by atoms with Crippen molar-refractivity contribution in [3.8, 4) is 5.75 Å². The number of allylic oxidation sites excluding steroid dienone is 4. The molecule has 7 nitrogen and oxygen atoms in total. The zero-order valence-electron chi connectivity index (χ0n) is 20.0. The second kappa shape index (κ2) is 7.82. The van der Waals surface area contributed by atoms with Crippen LogP contribution < -0.4 is 0 Å². The van der Waals surface area contributed by atoms with Gasteiger partial charge >= 0.3 is 5.69 Å². The number of carbonyl (C=O) groups is 2. The maximum atomic E-state index is 13.6. The molecule has 0 unspecified atom stereocenters. The lowest BCUT2D eigenvalue weighted by Gasteiger charge is -2.49. The van der Waals surface area contributed by atoms with E-state index in [1.807, 2.05) is 0 Å². The Morgan fingerprint density at radius 2 is 1.52 bits per heavy atom. The number of nitro benzene ring substituents is 1. The van der Waals surface area contributed by atoms with Crippen molar-refractivity contribution in [1.29, 1.82) is 0 Å². The van der Waals surface area contributed by atoms with Gasteiger partial charge in [-0.05, 0) is 41.7 Å². The van der Waals surface area contributed by atoms with Gasteiger partial charge in [-0.1, -0.05) is 40.7 Å². The predicted molar refractivity (Wildman–Crippen MR) is 125 cm³/mol. The van der Waals surface area contributed by atoms with Crippen LogP contribution in [0.1, 0.15) is 78.2 Å². The van der Waals surface area contributed by atoms with Crippen LogP contribution in [0.5, 0.6) is 5.75 Å². The van der Waals surface area contributed by atoms with Gasteiger partial charge in [0.05, 0.1) is 4.92 Å². The van der Waals surface area contributed by atoms with Gasteiger partial charge in [-0.2, -0.15) is 0 Å². The summed E-state index contributed by atoms with van der Waals surface area (Å²) in [6.07, 6.45) is 3.01. The molecule has 0 amide bonds. The Morgan fingerprint density at radius 1 is 1.00 bits per heavy atom. The number of rotatable bonds is 4. The van der Waals surface area contributed by atoms with Crippen molar-refractivity contribution in [1.82, 2.24) is 4.90 Å². The highest BCUT2D eigenvalue weighted by atomic mass is 16.6. The maximum absolute atomic E-state index is 13.6. The van der Waals surface area contributed by atoms with Gasteiger partial charge in [-0.15, -0.1) is 0 Å². The molecule has 1 heterocycles. The van der Waals surface area contributed by atoms with Crippen molar-refractivity contribution >= 4 is 17.3 Å². The Labute approximate surface area is 194 Å². The highest BCUT2D eigenvalue weighted by Crippen LogP contribution is 2.54. The van der Waals surface area contributed by atoms with Crippen LogP contribution in [0.2, 0.25) is 0 Å². The number of hydrogen-bond donors (Lipinski definition) is 1. The third-order valence-electron chi connectivity index (χ3n) is 7.00. The van der Waals surface area contributed by atoms with Gasteiger partial charge in [0, 0.05) is 53.9 Å². The largest absolute Gasteiger partial charge is 0.502 e. The van der Waals surface area contributed by atoms with Crippen LogP contribution >= 0.6 is 0 Å². The summed E-state index contributed by atoms with van der Waals surface area (Å²) in [6.45, 7) is 11.1. The van der Waals surface area contributed by atoms with Crippen LogP contribution in [0, 0.1) is 20.9 Å². The van der Waals surface area contributed by atoms with Gasteiger partial charge in [0.25, 0.3) is 0 Å². The van der Waals surface area contributed by atoms with Gasteiger partial charge in [0.2, 0.25) is 0 Å². The standard InChI is InChI=1S/C26H32N2O5/c1-6-9-27-17-11-25(2,3)13-20(30)23(17)22(15-7-8-19(29)16(10-15)28(32)33)24-18(27)12-26(4,5)14-21(24)31/h7-8,10,22,29H,6,9,11-14H2,1-5H3. The monoisotopic (exact) mass is 452 g/mol. The fraction of sp³-hybridized carbons (Fsp3) is 0.538. The number of nitrogens with zero attached hydrogens (tertiary/aromatic N) is 2. The van der Waals surface area contributed by atoms with Crippen molar-refractivity contribution in [2.45, 2.75) is 72.6 Å². The molecule has 1 N–H and O–H groups in total. The molecule has 33 heavy (non-hydrogen) atoms. The molecule has 0 atom stereocenters. The summed E-state index contributed by atoms with van der Waals surface area (Å²) in [6, 6.07) is 4.23. The smallest absolute Gasteiger partial charge is 0.310 e. The fourth-order valence-corrected chi connectivity index (χ4v) is 5.74. The number of nitro groups is 1. The Kier molecular flexibility index (Phi) is 5.50. The third kappa shape index (κ3) is 3.98. The van der Waals surface area contributed by atoms with E-state index in [-0.39, 0.29) is 22.4 Å². The first kappa shape index (κ1) is 23.2. The lowest BCUT2D eigenvalue weighted by Crippen LogP contribution is -2.44. The molecule has 0 radical (unpaired) electrons. The first-order valence-electron chi connectivity index (χ1n) is 11.6. The number of ketones is 2. The summed E-state index contributed by atoms with van der Waals surface area (Å²) >= 11 is 0. The second-order valence-corrected chi connectivity index (χ2v) is 11.2. The minimum atomic E-state index is -0.644. The highest BCUT2D eigenvalue weighted by Gasteiger charge is 2.49. The summed E-state index contributed by atoms with van der Waals surface area (Å²) in [4.78, 5) is 40.2. The summed E-state index contributed by atoms with van der Waals surface area (Å²) in [5, 5.41) is 21.6. The van der Waals surface area contributed by atoms with Crippen molar-refractivity contribution in [3.05, 3.63) is 56.4 Å². The van der Waals surface area contributed by atoms with E-state index in [9.17, 15) is 24.8 Å². The van der Waals surface area contributed by atoms with Crippen LogP contribution in [0.3, 0.4) is 0 Å². The first-order valence-corrected chi connectivity index (χ1v) is 11.6. The minimum absolute atomic E-state index is 0.00716. The lowest BCUT2D eigenvalue weighted by molar-refractivity contribution is -0.385. The quantitative estimate of drug-likeness (QED) is 0.485. The molecule has 0 fully saturated rings. The van der Waals surface area contributed by atoms with Gasteiger partial charge in [0.15, 0.2) is 17.3 Å². The molecule has 0 saturated carbocycles. The molecule has 4 rings (SSSR count). The number of hydrogen-bond acceptors (Lipinski definition) is 6. The number of aromatic hydroxyl groups is 1. The van der Waals surface area contributed by atoms with Crippen molar-refractivity contribution in [3.63, 3.8) is 0 Å². The zero-order chi connectivity index (χ0) is 24.3. The SMILES string of the molecule is CCCN1C2=C(C(=O)CC(C)(C)C2)C(c2ccc(O)c([N+](=O)[O-])c2)C2=C1CC(C)(C)CC2=O. The molecule has 176 valence electrons. The van der Waals surface area contributed by atoms with E-state index < -0.39 is 22.3 Å². The number of phenols is 1. The molecular formula is C26H32N2O5. The average Bonchev–Trinajstić information content (AvgIpc) is 2.67. The molecule has 0 bridgehead atoms. The number of benzene rings is 1. The summed E-state index contributed by atoms with van der Waals surface area (Å²) in [5.74, 6) is -1.09. The van der Waals surface area contributed by atoms with Crippen LogP contribution in [-0.2, 0) is 9.59 Å². The Hall–Kier alpha value is -2.96. The fourth-order valence-electron chi connectivity index (χ4n) is 5.74. The normalized spacial score (nSPS) is 22.4. The molecule has 1 aromatic rings. The molecule has 1 aliphatic heterocycles. The van der Waals surface area contributed by atoms with E-state index >= 15 is 0 Å². The van der Waals surface area contributed by atoms with Crippen LogP contribution in [-0.4, -0.2) is 33.0 Å². The molecule has 2 aliphatic carbocycles. The van der Waals surface area contributed by atoms with E-state index in [0.29, 0.717) is 48.9 Å². The topological polar surface area (TPSA) is 101 Å². The van der Waals surface area contributed by atoms with Gasteiger partial charge in [0.1, 0.15) is 0 Å². The van der Waals surface area contributed by atoms with E-state index in [1.165, 1.54) is 12.1 Å². The molecule has 1 aromatic carbocycles. The van der Waals surface area contributed by atoms with Crippen molar-refractivity contribution in [2.75, 3.05) is 6.54 Å². The first-order chi connectivity index (χ1) is 15.3. The second-order valence-electron chi connectivity index (χ2n) is 11.2. The van der Waals surface area contributed by atoms with Crippen LogP contribution in [0.25, 0.3) is 0 Å². The molecule has 0 aromatic heterocycles. The van der Waals surface area contributed by atoms with E-state index in [4.69, 9.17) is 0 Å². The number of phenolic OH excluding ortho intramolecular Hbond substituents is 1.